The first kappa shape index (κ1) is 10.6. The second-order valence-electron chi connectivity index (χ2n) is 4.26. The van der Waals surface area contributed by atoms with Gasteiger partial charge < -0.3 is 10.6 Å². The highest BCUT2D eigenvalue weighted by Crippen LogP contribution is 2.27. The van der Waals surface area contributed by atoms with Gasteiger partial charge in [0.1, 0.15) is 5.82 Å². The number of hydrogen-bond donors (Lipinski definition) is 2. The molecule has 2 heterocycles. The van der Waals surface area contributed by atoms with Gasteiger partial charge >= 0.3 is 0 Å². The Hall–Kier alpha value is -0.960. The van der Waals surface area contributed by atoms with E-state index in [1.165, 1.54) is 0 Å². The molecule has 1 aromatic rings. The molecule has 0 bridgehead atoms. The Bertz CT molecular complexity index is 352. The summed E-state index contributed by atoms with van der Waals surface area (Å²) in [6.07, 6.45) is 2.78. The van der Waals surface area contributed by atoms with Crippen LogP contribution in [0.25, 0.3) is 0 Å². The summed E-state index contributed by atoms with van der Waals surface area (Å²) >= 11 is 5.90. The topological polar surface area (TPSA) is 37.0 Å². The normalized spacial score (nSPS) is 20.1. The summed E-state index contributed by atoms with van der Waals surface area (Å²) in [5, 5.41) is 7.47. The molecule has 1 aliphatic rings. The maximum absolute atomic E-state index is 5.90. The van der Waals surface area contributed by atoms with Gasteiger partial charge in [0.25, 0.3) is 0 Å². The van der Waals surface area contributed by atoms with Gasteiger partial charge in [0.2, 0.25) is 0 Å². The number of halogens is 1. The molecule has 0 radical (unpaired) electrons. The zero-order valence-electron chi connectivity index (χ0n) is 9.05. The highest BCUT2D eigenvalue weighted by molar-refractivity contribution is 6.30. The Kier molecular flexibility index (Phi) is 3.00. The molecule has 4 heteroatoms. The smallest absolute Gasteiger partial charge is 0.149 e. The summed E-state index contributed by atoms with van der Waals surface area (Å²) in [5.74, 6) is 1.52. The molecule has 0 aliphatic carbocycles. The molecular weight excluding hydrogens is 210 g/mol. The summed E-state index contributed by atoms with van der Waals surface area (Å²) in [7, 11) is 0. The lowest BCUT2D eigenvalue weighted by Gasteiger charge is -2.20. The standard InChI is InChI=1S/C11H16ClN3/c1-7(2)9-3-4-13-10-5-8(12)6-14-11(10)15-9/h5-7,9,13H,3-4H2,1-2H3,(H,14,15). The molecule has 1 atom stereocenters. The van der Waals surface area contributed by atoms with E-state index in [1.54, 1.807) is 6.20 Å². The van der Waals surface area contributed by atoms with Gasteiger partial charge in [-0.2, -0.15) is 0 Å². The van der Waals surface area contributed by atoms with Crippen molar-refractivity contribution in [2.24, 2.45) is 5.92 Å². The highest BCUT2D eigenvalue weighted by Gasteiger charge is 2.18. The average molecular weight is 226 g/mol. The van der Waals surface area contributed by atoms with E-state index in [9.17, 15) is 0 Å². The average Bonchev–Trinajstić information content (AvgIpc) is 2.39. The van der Waals surface area contributed by atoms with Gasteiger partial charge in [0, 0.05) is 18.8 Å². The third-order valence-electron chi connectivity index (χ3n) is 2.75. The number of pyridine rings is 1. The minimum Gasteiger partial charge on any atom is -0.382 e. The zero-order chi connectivity index (χ0) is 10.8. The van der Waals surface area contributed by atoms with Crippen LogP contribution in [0.15, 0.2) is 12.3 Å². The second kappa shape index (κ2) is 4.27. The molecule has 3 nitrogen and oxygen atoms in total. The molecule has 2 rings (SSSR count). The van der Waals surface area contributed by atoms with Gasteiger partial charge in [-0.25, -0.2) is 4.98 Å². The van der Waals surface area contributed by atoms with E-state index in [1.807, 2.05) is 6.07 Å². The zero-order valence-corrected chi connectivity index (χ0v) is 9.80. The van der Waals surface area contributed by atoms with Crippen molar-refractivity contribution in [3.8, 4) is 0 Å². The molecule has 2 N–H and O–H groups in total. The van der Waals surface area contributed by atoms with Crippen LogP contribution in [-0.2, 0) is 0 Å². The molecule has 0 saturated heterocycles. The summed E-state index contributed by atoms with van der Waals surface area (Å²) in [6.45, 7) is 5.40. The Morgan fingerprint density at radius 1 is 1.53 bits per heavy atom. The Morgan fingerprint density at radius 2 is 2.33 bits per heavy atom. The molecule has 0 saturated carbocycles. The van der Waals surface area contributed by atoms with Crippen molar-refractivity contribution in [3.63, 3.8) is 0 Å². The number of anilines is 2. The molecule has 0 fully saturated rings. The van der Waals surface area contributed by atoms with Gasteiger partial charge in [-0.05, 0) is 18.4 Å². The third kappa shape index (κ3) is 2.34. The van der Waals surface area contributed by atoms with Crippen LogP contribution in [0.1, 0.15) is 20.3 Å². The van der Waals surface area contributed by atoms with Crippen molar-refractivity contribution in [1.82, 2.24) is 4.98 Å². The van der Waals surface area contributed by atoms with E-state index in [4.69, 9.17) is 11.6 Å². The van der Waals surface area contributed by atoms with Crippen molar-refractivity contribution in [3.05, 3.63) is 17.3 Å². The highest BCUT2D eigenvalue weighted by atomic mass is 35.5. The molecule has 82 valence electrons. The number of fused-ring (bicyclic) bond motifs is 1. The number of aromatic nitrogens is 1. The van der Waals surface area contributed by atoms with Crippen LogP contribution in [0.5, 0.6) is 0 Å². The monoisotopic (exact) mass is 225 g/mol. The lowest BCUT2D eigenvalue weighted by atomic mass is 10.0. The number of nitrogens with one attached hydrogen (secondary N) is 2. The van der Waals surface area contributed by atoms with Crippen LogP contribution >= 0.6 is 11.6 Å². The Balaban J connectivity index is 2.26. The lowest BCUT2D eigenvalue weighted by molar-refractivity contribution is 0.506. The minimum absolute atomic E-state index is 0.479. The van der Waals surface area contributed by atoms with Crippen molar-refractivity contribution < 1.29 is 0 Å². The third-order valence-corrected chi connectivity index (χ3v) is 2.96. The van der Waals surface area contributed by atoms with Crippen LogP contribution in [-0.4, -0.2) is 17.6 Å². The molecule has 1 aliphatic heterocycles. The minimum atomic E-state index is 0.479. The molecule has 15 heavy (non-hydrogen) atoms. The van der Waals surface area contributed by atoms with E-state index >= 15 is 0 Å². The van der Waals surface area contributed by atoms with Gasteiger partial charge in [0.05, 0.1) is 10.7 Å². The molecule has 1 unspecified atom stereocenters. The van der Waals surface area contributed by atoms with Gasteiger partial charge in [-0.3, -0.25) is 0 Å². The van der Waals surface area contributed by atoms with E-state index in [-0.39, 0.29) is 0 Å². The van der Waals surface area contributed by atoms with E-state index in [0.29, 0.717) is 17.0 Å². The predicted molar refractivity (Wildman–Crippen MR) is 64.6 cm³/mol. The fourth-order valence-electron chi connectivity index (χ4n) is 1.80. The quantitative estimate of drug-likeness (QED) is 0.772. The van der Waals surface area contributed by atoms with Crippen molar-refractivity contribution in [2.75, 3.05) is 17.2 Å². The molecule has 0 spiro atoms. The fraction of sp³-hybridized carbons (Fsp3) is 0.545. The van der Waals surface area contributed by atoms with Gasteiger partial charge in [-0.1, -0.05) is 25.4 Å². The van der Waals surface area contributed by atoms with Crippen LogP contribution in [0.3, 0.4) is 0 Å². The van der Waals surface area contributed by atoms with Crippen LogP contribution in [0, 0.1) is 5.92 Å². The Labute approximate surface area is 95.2 Å². The first-order valence-corrected chi connectivity index (χ1v) is 5.70. The molecule has 1 aromatic heterocycles. The first-order valence-electron chi connectivity index (χ1n) is 5.33. The van der Waals surface area contributed by atoms with E-state index in [0.717, 1.165) is 24.5 Å². The number of rotatable bonds is 1. The van der Waals surface area contributed by atoms with Gasteiger partial charge in [-0.15, -0.1) is 0 Å². The second-order valence-corrected chi connectivity index (χ2v) is 4.70. The number of nitrogens with zero attached hydrogens (tertiary/aromatic N) is 1. The Morgan fingerprint density at radius 3 is 3.07 bits per heavy atom. The summed E-state index contributed by atoms with van der Waals surface area (Å²) in [5.41, 5.74) is 1.01. The molecule has 0 aromatic carbocycles. The van der Waals surface area contributed by atoms with Crippen molar-refractivity contribution >= 4 is 23.1 Å². The fourth-order valence-corrected chi connectivity index (χ4v) is 1.96. The van der Waals surface area contributed by atoms with Crippen LogP contribution in [0.2, 0.25) is 5.02 Å². The summed E-state index contributed by atoms with van der Waals surface area (Å²) < 4.78 is 0. The predicted octanol–water partition coefficient (Wildman–Crippen LogP) is 2.99. The first-order chi connectivity index (χ1) is 7.16. The lowest BCUT2D eigenvalue weighted by Crippen LogP contribution is -2.26. The van der Waals surface area contributed by atoms with E-state index in [2.05, 4.69) is 29.5 Å². The number of hydrogen-bond acceptors (Lipinski definition) is 3. The largest absolute Gasteiger partial charge is 0.382 e. The molecule has 0 amide bonds. The van der Waals surface area contributed by atoms with Crippen LogP contribution < -0.4 is 10.6 Å². The van der Waals surface area contributed by atoms with Crippen LogP contribution in [0.4, 0.5) is 11.5 Å². The van der Waals surface area contributed by atoms with Crippen molar-refractivity contribution in [1.29, 1.82) is 0 Å². The van der Waals surface area contributed by atoms with Crippen molar-refractivity contribution in [2.45, 2.75) is 26.3 Å². The maximum atomic E-state index is 5.90. The SMILES string of the molecule is CC(C)C1CCNc2cc(Cl)cnc2N1. The molecular formula is C11H16ClN3. The summed E-state index contributed by atoms with van der Waals surface area (Å²) in [4.78, 5) is 4.31. The van der Waals surface area contributed by atoms with E-state index < -0.39 is 0 Å². The maximum Gasteiger partial charge on any atom is 0.149 e. The summed E-state index contributed by atoms with van der Waals surface area (Å²) in [6, 6.07) is 2.40. The van der Waals surface area contributed by atoms with Gasteiger partial charge in [0.15, 0.2) is 0 Å².